The molecule has 4 rings (SSSR count). The number of allylic oxidation sites excluding steroid dienone is 2. The van der Waals surface area contributed by atoms with Gasteiger partial charge < -0.3 is 4.74 Å². The Morgan fingerprint density at radius 3 is 2.26 bits per heavy atom. The maximum atomic E-state index is 12.7. The smallest absolute Gasteiger partial charge is 0.254 e. The third-order valence-electron chi connectivity index (χ3n) is 5.68. The van der Waals surface area contributed by atoms with E-state index in [2.05, 4.69) is 69.4 Å². The van der Waals surface area contributed by atoms with Crippen molar-refractivity contribution >= 4 is 63.2 Å². The monoisotopic (exact) mass is 590 g/mol. The number of hydrogen-bond donors (Lipinski definition) is 0. The fraction of sp³-hybridized carbons (Fsp3) is 0.450. The van der Waals surface area contributed by atoms with E-state index < -0.39 is 0 Å². The van der Waals surface area contributed by atoms with Crippen molar-refractivity contribution in [2.45, 2.75) is 32.8 Å². The van der Waals surface area contributed by atoms with Crippen LogP contribution in [0.4, 0.5) is 0 Å². The summed E-state index contributed by atoms with van der Waals surface area (Å²) in [6.07, 6.45) is 7.79. The van der Waals surface area contributed by atoms with Gasteiger partial charge in [-0.1, -0.05) is 19.1 Å². The van der Waals surface area contributed by atoms with Crippen LogP contribution in [-0.4, -0.2) is 29.1 Å². The highest BCUT2D eigenvalue weighted by atomic mass is 127. The second-order valence-corrected chi connectivity index (χ2v) is 9.71. The van der Waals surface area contributed by atoms with Gasteiger partial charge in [-0.15, -0.1) is 0 Å². The molecule has 3 aliphatic rings. The molecule has 142 valence electrons. The zero-order chi connectivity index (χ0) is 19.3. The van der Waals surface area contributed by atoms with Gasteiger partial charge in [0.05, 0.1) is 31.3 Å². The molecule has 1 heterocycles. The van der Waals surface area contributed by atoms with Crippen LogP contribution in [0.2, 0.25) is 0 Å². The predicted molar refractivity (Wildman–Crippen MR) is 119 cm³/mol. The molecule has 0 unspecified atom stereocenters. The Kier molecular flexibility index (Phi) is 5.34. The highest BCUT2D eigenvalue weighted by Gasteiger charge is 2.59. The second-order valence-electron chi connectivity index (χ2n) is 7.38. The molecule has 1 aromatic carbocycles. The number of carbonyl (C=O) groups is 2. The lowest BCUT2D eigenvalue weighted by molar-refractivity contribution is -0.140. The van der Waals surface area contributed by atoms with Crippen molar-refractivity contribution in [3.63, 3.8) is 0 Å². The molecule has 2 fully saturated rings. The average Bonchev–Trinajstić information content (AvgIpc) is 3.31. The number of imide groups is 1. The van der Waals surface area contributed by atoms with E-state index in [-0.39, 0.29) is 41.6 Å². The summed E-state index contributed by atoms with van der Waals surface area (Å²) in [5.41, 5.74) is 0.846. The van der Waals surface area contributed by atoms with Gasteiger partial charge in [0.25, 0.3) is 11.8 Å². The van der Waals surface area contributed by atoms with Crippen molar-refractivity contribution in [2.24, 2.45) is 28.8 Å². The number of benzene rings is 1. The van der Waals surface area contributed by atoms with Crippen LogP contribution in [0.15, 0.2) is 29.4 Å². The van der Waals surface area contributed by atoms with Crippen LogP contribution in [0, 0.1) is 30.8 Å². The molecule has 5 atom stereocenters. The number of rotatable bonds is 5. The summed E-state index contributed by atoms with van der Waals surface area (Å²) in [4.78, 5) is 25.4. The molecule has 1 saturated carbocycles. The number of hydrazone groups is 1. The van der Waals surface area contributed by atoms with Gasteiger partial charge in [0.1, 0.15) is 5.75 Å². The first-order chi connectivity index (χ1) is 12.9. The third-order valence-corrected chi connectivity index (χ3v) is 7.29. The van der Waals surface area contributed by atoms with Crippen LogP contribution >= 0.6 is 45.2 Å². The topological polar surface area (TPSA) is 59.0 Å². The first-order valence-electron chi connectivity index (χ1n) is 9.16. The van der Waals surface area contributed by atoms with E-state index in [1.807, 2.05) is 19.1 Å². The van der Waals surface area contributed by atoms with Crippen LogP contribution in [0.1, 0.15) is 32.3 Å². The van der Waals surface area contributed by atoms with Crippen molar-refractivity contribution in [2.75, 3.05) is 0 Å². The standard InChI is InChI=1S/C20H20I2N2O3/c1-3-10(2)27-18-14(21)6-11(7-15(18)22)9-23-24-19(25)16-12-4-5-13(8-12)17(16)20(24)26/h4-7,9-10,12-13,16-17H,3,8H2,1-2H3/t10-,12+,13+,16-,17+/m1/s1. The van der Waals surface area contributed by atoms with Crippen LogP contribution < -0.4 is 4.74 Å². The van der Waals surface area contributed by atoms with Gasteiger partial charge in [0.2, 0.25) is 0 Å². The molecule has 0 N–H and O–H groups in total. The molecular formula is C20H20I2N2O3. The Bertz CT molecular complexity index is 814. The first-order valence-corrected chi connectivity index (χ1v) is 11.3. The molecular weight excluding hydrogens is 570 g/mol. The van der Waals surface area contributed by atoms with E-state index in [1.165, 1.54) is 0 Å². The summed E-state index contributed by atoms with van der Waals surface area (Å²) in [6, 6.07) is 3.92. The number of halogens is 2. The maximum Gasteiger partial charge on any atom is 0.254 e. The molecule has 7 heteroatoms. The summed E-state index contributed by atoms with van der Waals surface area (Å²) >= 11 is 4.49. The van der Waals surface area contributed by atoms with Crippen LogP contribution in [0.25, 0.3) is 0 Å². The normalized spacial score (nSPS) is 29.9. The van der Waals surface area contributed by atoms with E-state index in [4.69, 9.17) is 4.74 Å². The minimum Gasteiger partial charge on any atom is -0.489 e. The van der Waals surface area contributed by atoms with Gasteiger partial charge in [-0.2, -0.15) is 10.1 Å². The highest BCUT2D eigenvalue weighted by Crippen LogP contribution is 2.52. The molecule has 27 heavy (non-hydrogen) atoms. The Morgan fingerprint density at radius 1 is 1.19 bits per heavy atom. The number of nitrogens with zero attached hydrogens (tertiary/aromatic N) is 2. The second kappa shape index (κ2) is 7.46. The van der Waals surface area contributed by atoms with Crippen molar-refractivity contribution in [3.8, 4) is 5.75 Å². The fourth-order valence-corrected chi connectivity index (χ4v) is 6.25. The summed E-state index contributed by atoms with van der Waals surface area (Å²) < 4.78 is 7.96. The van der Waals surface area contributed by atoms with Crippen LogP contribution in [0.5, 0.6) is 5.75 Å². The molecule has 5 nitrogen and oxygen atoms in total. The number of amides is 2. The lowest BCUT2D eigenvalue weighted by Gasteiger charge is -2.16. The lowest BCUT2D eigenvalue weighted by atomic mass is 9.85. The Morgan fingerprint density at radius 2 is 1.74 bits per heavy atom. The van der Waals surface area contributed by atoms with E-state index in [1.54, 1.807) is 6.21 Å². The molecule has 1 aliphatic heterocycles. The molecule has 1 saturated heterocycles. The number of carbonyl (C=O) groups excluding carboxylic acids is 2. The minimum atomic E-state index is -0.212. The van der Waals surface area contributed by atoms with E-state index in [9.17, 15) is 9.59 Å². The van der Waals surface area contributed by atoms with Crippen molar-refractivity contribution < 1.29 is 14.3 Å². The number of ether oxygens (including phenoxy) is 1. The molecule has 2 aliphatic carbocycles. The summed E-state index contributed by atoms with van der Waals surface area (Å²) in [5, 5.41) is 5.35. The first kappa shape index (κ1) is 19.4. The number of fused-ring (bicyclic) bond motifs is 5. The Hall–Kier alpha value is -0.970. The third kappa shape index (κ3) is 3.34. The lowest BCUT2D eigenvalue weighted by Crippen LogP contribution is -2.28. The highest BCUT2D eigenvalue weighted by molar-refractivity contribution is 14.1. The quantitative estimate of drug-likeness (QED) is 0.224. The Labute approximate surface area is 185 Å². The Balaban J connectivity index is 1.54. The van der Waals surface area contributed by atoms with Gasteiger partial charge in [-0.3, -0.25) is 9.59 Å². The minimum absolute atomic E-state index is 0.148. The zero-order valence-corrected chi connectivity index (χ0v) is 19.4. The van der Waals surface area contributed by atoms with Gasteiger partial charge in [-0.25, -0.2) is 0 Å². The average molecular weight is 590 g/mol. The fourth-order valence-electron chi connectivity index (χ4n) is 4.18. The van der Waals surface area contributed by atoms with E-state index in [0.29, 0.717) is 0 Å². The predicted octanol–water partition coefficient (Wildman–Crippen LogP) is 4.21. The number of hydrogen-bond acceptors (Lipinski definition) is 4. The van der Waals surface area contributed by atoms with Gasteiger partial charge in [0.15, 0.2) is 0 Å². The van der Waals surface area contributed by atoms with Crippen LogP contribution in [0.3, 0.4) is 0 Å². The van der Waals surface area contributed by atoms with Crippen molar-refractivity contribution in [3.05, 3.63) is 37.0 Å². The molecule has 2 bridgehead atoms. The largest absolute Gasteiger partial charge is 0.489 e. The maximum absolute atomic E-state index is 12.7. The molecule has 0 spiro atoms. The SMILES string of the molecule is CC[C@@H](C)Oc1c(I)cc(C=NN2C(=O)[C@@H]3[C@H](C2=O)[C@H]2C=C[C@H]3C2)cc1I. The van der Waals surface area contributed by atoms with Crippen molar-refractivity contribution in [1.82, 2.24) is 5.01 Å². The summed E-state index contributed by atoms with van der Waals surface area (Å²) in [5.74, 6) is 0.546. The van der Waals surface area contributed by atoms with E-state index in [0.717, 1.165) is 36.3 Å². The summed E-state index contributed by atoms with van der Waals surface area (Å²) in [6.45, 7) is 4.14. The molecule has 2 amide bonds. The molecule has 0 radical (unpaired) electrons. The molecule has 1 aromatic rings. The van der Waals surface area contributed by atoms with E-state index >= 15 is 0 Å². The van der Waals surface area contributed by atoms with Gasteiger partial charge in [-0.05, 0) is 94.5 Å². The molecule has 0 aromatic heterocycles. The summed E-state index contributed by atoms with van der Waals surface area (Å²) in [7, 11) is 0. The van der Waals surface area contributed by atoms with Gasteiger partial charge in [0, 0.05) is 0 Å². The zero-order valence-electron chi connectivity index (χ0n) is 15.1. The van der Waals surface area contributed by atoms with Crippen molar-refractivity contribution in [1.29, 1.82) is 0 Å². The van der Waals surface area contributed by atoms with Gasteiger partial charge >= 0.3 is 0 Å². The van der Waals surface area contributed by atoms with Crippen LogP contribution in [-0.2, 0) is 9.59 Å².